The van der Waals surface area contributed by atoms with Gasteiger partial charge in [0.15, 0.2) is 0 Å². The molecule has 2 saturated carbocycles. The second-order valence-electron chi connectivity index (χ2n) is 7.58. The smallest absolute Gasteiger partial charge is 0.127 e. The molecule has 19 heavy (non-hydrogen) atoms. The summed E-state index contributed by atoms with van der Waals surface area (Å²) in [5.74, 6) is 3.14. The standard InChI is InChI=1S/C17H22O2/c1-9-7-11(18)13-12(8-9)19-17(4)6-5-10-14(17)15(13)16(10,2)3/h7-8,10,14-15,18H,5-6H2,1-4H3/t10-,14+,15+,17?/m0/s1. The van der Waals surface area contributed by atoms with Crippen LogP contribution < -0.4 is 4.74 Å². The van der Waals surface area contributed by atoms with E-state index in [-0.39, 0.29) is 11.0 Å². The Hall–Kier alpha value is -1.18. The Morgan fingerprint density at radius 2 is 2.00 bits per heavy atom. The normalized spacial score (nSPS) is 40.9. The molecule has 1 aliphatic heterocycles. The molecule has 1 aromatic rings. The molecule has 4 rings (SSSR count). The minimum absolute atomic E-state index is 0.0158. The van der Waals surface area contributed by atoms with Crippen LogP contribution in [0.25, 0.3) is 0 Å². The summed E-state index contributed by atoms with van der Waals surface area (Å²) in [5, 5.41) is 10.4. The van der Waals surface area contributed by atoms with Gasteiger partial charge < -0.3 is 9.84 Å². The number of phenolic OH excluding ortho intramolecular Hbond substituents is 1. The molecule has 2 aliphatic carbocycles. The van der Waals surface area contributed by atoms with E-state index >= 15 is 0 Å². The van der Waals surface area contributed by atoms with E-state index in [4.69, 9.17) is 4.74 Å². The lowest BCUT2D eigenvalue weighted by Gasteiger charge is -2.62. The Morgan fingerprint density at radius 1 is 1.26 bits per heavy atom. The SMILES string of the molecule is Cc1cc(O)c2c(c1)OC1(C)CC[C@H]3[C@@H]1[C@@H]2C3(C)C. The summed E-state index contributed by atoms with van der Waals surface area (Å²) in [7, 11) is 0. The summed E-state index contributed by atoms with van der Waals surface area (Å²) in [4.78, 5) is 0. The molecule has 2 heteroatoms. The lowest BCUT2D eigenvalue weighted by atomic mass is 9.45. The summed E-state index contributed by atoms with van der Waals surface area (Å²) >= 11 is 0. The molecule has 0 spiro atoms. The Morgan fingerprint density at radius 3 is 2.74 bits per heavy atom. The van der Waals surface area contributed by atoms with E-state index in [2.05, 4.69) is 26.8 Å². The third-order valence-corrected chi connectivity index (χ3v) is 6.13. The van der Waals surface area contributed by atoms with Crippen molar-refractivity contribution in [3.8, 4) is 11.5 Å². The molecule has 4 atom stereocenters. The minimum Gasteiger partial charge on any atom is -0.508 e. The predicted octanol–water partition coefficient (Wildman–Crippen LogP) is 4.00. The van der Waals surface area contributed by atoms with Crippen molar-refractivity contribution < 1.29 is 9.84 Å². The molecular formula is C17H22O2. The average molecular weight is 258 g/mol. The topological polar surface area (TPSA) is 29.5 Å². The third-order valence-electron chi connectivity index (χ3n) is 6.13. The molecule has 3 aliphatic rings. The number of benzene rings is 1. The van der Waals surface area contributed by atoms with Gasteiger partial charge in [-0.15, -0.1) is 0 Å². The molecule has 2 nitrogen and oxygen atoms in total. The van der Waals surface area contributed by atoms with Crippen LogP contribution in [0, 0.1) is 24.2 Å². The van der Waals surface area contributed by atoms with Crippen LogP contribution in [0.4, 0.5) is 0 Å². The van der Waals surface area contributed by atoms with Crippen molar-refractivity contribution in [1.82, 2.24) is 0 Å². The molecule has 0 amide bonds. The van der Waals surface area contributed by atoms with Gasteiger partial charge in [0.25, 0.3) is 0 Å². The number of rotatable bonds is 0. The fraction of sp³-hybridized carbons (Fsp3) is 0.647. The molecule has 0 bridgehead atoms. The zero-order chi connectivity index (χ0) is 13.6. The maximum atomic E-state index is 10.4. The zero-order valence-corrected chi connectivity index (χ0v) is 12.2. The van der Waals surface area contributed by atoms with Gasteiger partial charge in [0.1, 0.15) is 17.1 Å². The first-order chi connectivity index (χ1) is 8.84. The van der Waals surface area contributed by atoms with Gasteiger partial charge in [-0.25, -0.2) is 0 Å². The summed E-state index contributed by atoms with van der Waals surface area (Å²) in [5.41, 5.74) is 2.41. The van der Waals surface area contributed by atoms with Crippen molar-refractivity contribution >= 4 is 0 Å². The number of hydrogen-bond acceptors (Lipinski definition) is 2. The van der Waals surface area contributed by atoms with Gasteiger partial charge in [-0.05, 0) is 55.7 Å². The largest absolute Gasteiger partial charge is 0.508 e. The molecular weight excluding hydrogens is 236 g/mol. The predicted molar refractivity (Wildman–Crippen MR) is 74.6 cm³/mol. The summed E-state index contributed by atoms with van der Waals surface area (Å²) in [6.45, 7) is 9.00. The highest BCUT2D eigenvalue weighted by Crippen LogP contribution is 2.74. The Labute approximate surface area is 114 Å². The molecule has 0 saturated heterocycles. The number of hydrogen-bond donors (Lipinski definition) is 1. The van der Waals surface area contributed by atoms with Crippen LogP contribution in [0.1, 0.15) is 50.7 Å². The number of aromatic hydroxyl groups is 1. The van der Waals surface area contributed by atoms with Crippen molar-refractivity contribution in [1.29, 1.82) is 0 Å². The Bertz CT molecular complexity index is 575. The first-order valence-corrected chi connectivity index (χ1v) is 7.37. The number of fused-ring (bicyclic) bond motifs is 2. The highest BCUT2D eigenvalue weighted by molar-refractivity contribution is 5.54. The number of ether oxygens (including phenoxy) is 1. The maximum absolute atomic E-state index is 10.4. The molecule has 0 aromatic heterocycles. The van der Waals surface area contributed by atoms with Crippen molar-refractivity contribution in [2.75, 3.05) is 0 Å². The van der Waals surface area contributed by atoms with Crippen LogP contribution in [-0.4, -0.2) is 10.7 Å². The molecule has 1 aromatic carbocycles. The van der Waals surface area contributed by atoms with Gasteiger partial charge in [-0.2, -0.15) is 0 Å². The fourth-order valence-electron chi connectivity index (χ4n) is 5.27. The van der Waals surface area contributed by atoms with E-state index in [1.165, 1.54) is 6.42 Å². The van der Waals surface area contributed by atoms with Crippen LogP contribution in [0.2, 0.25) is 0 Å². The average Bonchev–Trinajstić information content (AvgIpc) is 2.61. The van der Waals surface area contributed by atoms with E-state index in [9.17, 15) is 5.11 Å². The van der Waals surface area contributed by atoms with Gasteiger partial charge in [-0.3, -0.25) is 0 Å². The maximum Gasteiger partial charge on any atom is 0.127 e. The molecule has 2 fully saturated rings. The van der Waals surface area contributed by atoms with Gasteiger partial charge in [0.05, 0.1) is 0 Å². The Kier molecular flexibility index (Phi) is 1.90. The second kappa shape index (κ2) is 3.11. The fourth-order valence-corrected chi connectivity index (χ4v) is 5.27. The lowest BCUT2D eigenvalue weighted by Crippen LogP contribution is -2.59. The summed E-state index contributed by atoms with van der Waals surface area (Å²) in [6, 6.07) is 3.97. The van der Waals surface area contributed by atoms with Crippen molar-refractivity contribution in [2.45, 2.75) is 52.1 Å². The minimum atomic E-state index is -0.0158. The van der Waals surface area contributed by atoms with E-state index in [1.807, 2.05) is 13.0 Å². The quantitative estimate of drug-likeness (QED) is 0.762. The zero-order valence-electron chi connectivity index (χ0n) is 12.2. The van der Waals surface area contributed by atoms with Crippen LogP contribution in [0.15, 0.2) is 12.1 Å². The molecule has 102 valence electrons. The molecule has 0 radical (unpaired) electrons. The summed E-state index contributed by atoms with van der Waals surface area (Å²) in [6.07, 6.45) is 2.41. The van der Waals surface area contributed by atoms with Crippen LogP contribution >= 0.6 is 0 Å². The van der Waals surface area contributed by atoms with Gasteiger partial charge in [-0.1, -0.05) is 13.8 Å². The van der Waals surface area contributed by atoms with Crippen molar-refractivity contribution in [3.63, 3.8) is 0 Å². The monoisotopic (exact) mass is 258 g/mol. The number of phenols is 1. The molecule has 1 unspecified atom stereocenters. The first-order valence-electron chi connectivity index (χ1n) is 7.37. The van der Waals surface area contributed by atoms with Crippen LogP contribution in [0.3, 0.4) is 0 Å². The first kappa shape index (κ1) is 11.6. The second-order valence-corrected chi connectivity index (χ2v) is 7.58. The van der Waals surface area contributed by atoms with Crippen molar-refractivity contribution in [2.24, 2.45) is 17.3 Å². The molecule has 1 N–H and O–H groups in total. The van der Waals surface area contributed by atoms with E-state index < -0.39 is 0 Å². The Balaban J connectivity index is 1.95. The summed E-state index contributed by atoms with van der Waals surface area (Å²) < 4.78 is 6.34. The number of aryl methyl sites for hydroxylation is 1. The van der Waals surface area contributed by atoms with Gasteiger partial charge in [0, 0.05) is 17.4 Å². The van der Waals surface area contributed by atoms with Crippen LogP contribution in [-0.2, 0) is 0 Å². The van der Waals surface area contributed by atoms with Gasteiger partial charge >= 0.3 is 0 Å². The lowest BCUT2D eigenvalue weighted by molar-refractivity contribution is -0.121. The highest BCUT2D eigenvalue weighted by Gasteiger charge is 2.69. The van der Waals surface area contributed by atoms with E-state index in [0.717, 1.165) is 29.2 Å². The van der Waals surface area contributed by atoms with Crippen molar-refractivity contribution in [3.05, 3.63) is 23.3 Å². The van der Waals surface area contributed by atoms with Gasteiger partial charge in [0.2, 0.25) is 0 Å². The van der Waals surface area contributed by atoms with E-state index in [1.54, 1.807) is 0 Å². The highest BCUT2D eigenvalue weighted by atomic mass is 16.5. The van der Waals surface area contributed by atoms with Crippen LogP contribution in [0.5, 0.6) is 11.5 Å². The third kappa shape index (κ3) is 1.19. The van der Waals surface area contributed by atoms with E-state index in [0.29, 0.717) is 17.6 Å². The molecule has 1 heterocycles.